The van der Waals surface area contributed by atoms with Crippen LogP contribution in [0.5, 0.6) is 0 Å². The summed E-state index contributed by atoms with van der Waals surface area (Å²) in [6.07, 6.45) is 4.00. The van der Waals surface area contributed by atoms with Gasteiger partial charge in [0.2, 0.25) is 0 Å². The minimum atomic E-state index is 0.475. The molecule has 0 atom stereocenters. The number of hydrogen-bond acceptors (Lipinski definition) is 4. The molecular formula is C16H23N5. The summed E-state index contributed by atoms with van der Waals surface area (Å²) in [7, 11) is 0. The van der Waals surface area contributed by atoms with E-state index in [-0.39, 0.29) is 0 Å². The van der Waals surface area contributed by atoms with Crippen LogP contribution in [0.4, 0.5) is 5.82 Å². The normalized spacial score (nSPS) is 15.6. The zero-order valence-corrected chi connectivity index (χ0v) is 13.2. The quantitative estimate of drug-likeness (QED) is 0.866. The van der Waals surface area contributed by atoms with Gasteiger partial charge in [-0.05, 0) is 13.8 Å². The van der Waals surface area contributed by atoms with E-state index in [1.807, 2.05) is 20.0 Å². The van der Waals surface area contributed by atoms with Gasteiger partial charge in [-0.3, -0.25) is 0 Å². The van der Waals surface area contributed by atoms with Gasteiger partial charge in [-0.15, -0.1) is 0 Å². The third-order valence-corrected chi connectivity index (χ3v) is 3.95. The number of anilines is 1. The molecule has 21 heavy (non-hydrogen) atoms. The molecule has 1 aliphatic heterocycles. The number of nitrogens with zero attached hydrogens (tertiary/aromatic N) is 5. The van der Waals surface area contributed by atoms with Crippen LogP contribution < -0.4 is 4.90 Å². The standard InChI is InChI=1S/C16H23N5/c1-11(2)16-17-5-6-20(16)8-14-9-21(10-14)15-7-12(3)18-13(4)19-15/h5-7,11,14H,8-10H2,1-4H3. The van der Waals surface area contributed by atoms with E-state index in [0.29, 0.717) is 11.8 Å². The van der Waals surface area contributed by atoms with Crippen molar-refractivity contribution in [3.63, 3.8) is 0 Å². The van der Waals surface area contributed by atoms with Crippen molar-refractivity contribution in [2.75, 3.05) is 18.0 Å². The highest BCUT2D eigenvalue weighted by Gasteiger charge is 2.29. The Hall–Kier alpha value is -1.91. The molecule has 3 heterocycles. The topological polar surface area (TPSA) is 46.8 Å². The van der Waals surface area contributed by atoms with Gasteiger partial charge in [0, 0.05) is 55.6 Å². The average Bonchev–Trinajstić information content (AvgIpc) is 2.80. The molecule has 0 spiro atoms. The SMILES string of the molecule is Cc1cc(N2CC(Cn3ccnc3C(C)C)C2)nc(C)n1. The molecule has 0 bridgehead atoms. The zero-order valence-electron chi connectivity index (χ0n) is 13.2. The van der Waals surface area contributed by atoms with Crippen LogP contribution >= 0.6 is 0 Å². The fraction of sp³-hybridized carbons (Fsp3) is 0.562. The first kappa shape index (κ1) is 14.0. The van der Waals surface area contributed by atoms with Crippen molar-refractivity contribution in [2.45, 2.75) is 40.2 Å². The van der Waals surface area contributed by atoms with Crippen LogP contribution in [0.2, 0.25) is 0 Å². The summed E-state index contributed by atoms with van der Waals surface area (Å²) < 4.78 is 2.29. The molecule has 0 amide bonds. The van der Waals surface area contributed by atoms with Crippen LogP contribution in [-0.4, -0.2) is 32.6 Å². The lowest BCUT2D eigenvalue weighted by molar-refractivity contribution is 0.348. The number of aromatic nitrogens is 4. The fourth-order valence-electron chi connectivity index (χ4n) is 2.99. The summed E-state index contributed by atoms with van der Waals surface area (Å²) in [4.78, 5) is 15.7. The number of hydrogen-bond donors (Lipinski definition) is 0. The lowest BCUT2D eigenvalue weighted by Crippen LogP contribution is -2.49. The van der Waals surface area contributed by atoms with Gasteiger partial charge in [-0.1, -0.05) is 13.8 Å². The molecule has 0 radical (unpaired) electrons. The Balaban J connectivity index is 1.62. The summed E-state index contributed by atoms with van der Waals surface area (Å²) in [6, 6.07) is 2.07. The van der Waals surface area contributed by atoms with Crippen LogP contribution in [0.1, 0.15) is 37.1 Å². The second-order valence-corrected chi connectivity index (χ2v) is 6.28. The average molecular weight is 285 g/mol. The van der Waals surface area contributed by atoms with Crippen molar-refractivity contribution >= 4 is 5.82 Å². The van der Waals surface area contributed by atoms with Crippen LogP contribution in [0.25, 0.3) is 0 Å². The molecule has 0 aliphatic carbocycles. The van der Waals surface area contributed by atoms with Crippen LogP contribution in [0.3, 0.4) is 0 Å². The van der Waals surface area contributed by atoms with Crippen LogP contribution in [0.15, 0.2) is 18.5 Å². The molecule has 112 valence electrons. The number of rotatable bonds is 4. The Morgan fingerprint density at radius 2 is 2.00 bits per heavy atom. The van der Waals surface area contributed by atoms with Crippen molar-refractivity contribution < 1.29 is 0 Å². The van der Waals surface area contributed by atoms with Crippen molar-refractivity contribution in [1.82, 2.24) is 19.5 Å². The summed E-state index contributed by atoms with van der Waals surface area (Å²) in [5.41, 5.74) is 1.04. The van der Waals surface area contributed by atoms with Gasteiger partial charge in [0.25, 0.3) is 0 Å². The number of imidazole rings is 1. The molecule has 0 unspecified atom stereocenters. The molecule has 3 rings (SSSR count). The second-order valence-electron chi connectivity index (χ2n) is 6.28. The molecule has 1 fully saturated rings. The molecular weight excluding hydrogens is 262 g/mol. The lowest BCUT2D eigenvalue weighted by atomic mass is 9.99. The minimum Gasteiger partial charge on any atom is -0.356 e. The second kappa shape index (κ2) is 5.47. The fourth-order valence-corrected chi connectivity index (χ4v) is 2.99. The van der Waals surface area contributed by atoms with Crippen molar-refractivity contribution in [3.8, 4) is 0 Å². The van der Waals surface area contributed by atoms with E-state index in [0.717, 1.165) is 37.0 Å². The highest BCUT2D eigenvalue weighted by Crippen LogP contribution is 2.25. The van der Waals surface area contributed by atoms with Gasteiger partial charge in [0.15, 0.2) is 0 Å². The Labute approximate surface area is 126 Å². The van der Waals surface area contributed by atoms with E-state index in [9.17, 15) is 0 Å². The molecule has 5 heteroatoms. The van der Waals surface area contributed by atoms with Gasteiger partial charge in [-0.25, -0.2) is 15.0 Å². The van der Waals surface area contributed by atoms with E-state index in [1.54, 1.807) is 0 Å². The van der Waals surface area contributed by atoms with E-state index in [2.05, 4.69) is 50.5 Å². The van der Waals surface area contributed by atoms with Gasteiger partial charge in [0.1, 0.15) is 17.5 Å². The van der Waals surface area contributed by atoms with E-state index in [1.165, 1.54) is 5.82 Å². The van der Waals surface area contributed by atoms with Crippen LogP contribution in [-0.2, 0) is 6.54 Å². The predicted octanol–water partition coefficient (Wildman–Crippen LogP) is 2.55. The molecule has 5 nitrogen and oxygen atoms in total. The lowest BCUT2D eigenvalue weighted by Gasteiger charge is -2.40. The molecule has 0 aromatic carbocycles. The van der Waals surface area contributed by atoms with Crippen molar-refractivity contribution in [3.05, 3.63) is 35.8 Å². The number of aryl methyl sites for hydroxylation is 2. The minimum absolute atomic E-state index is 0.475. The molecule has 0 saturated carbocycles. The van der Waals surface area contributed by atoms with Gasteiger partial charge >= 0.3 is 0 Å². The maximum absolute atomic E-state index is 4.53. The first-order chi connectivity index (χ1) is 10.0. The molecule has 0 N–H and O–H groups in total. The van der Waals surface area contributed by atoms with E-state index in [4.69, 9.17) is 0 Å². The zero-order chi connectivity index (χ0) is 15.0. The summed E-state index contributed by atoms with van der Waals surface area (Å²) in [5.74, 6) is 4.24. The largest absolute Gasteiger partial charge is 0.356 e. The molecule has 1 saturated heterocycles. The Bertz CT molecular complexity index is 605. The Kier molecular flexibility index (Phi) is 3.66. The van der Waals surface area contributed by atoms with Gasteiger partial charge in [0.05, 0.1) is 0 Å². The monoisotopic (exact) mass is 285 g/mol. The van der Waals surface area contributed by atoms with E-state index >= 15 is 0 Å². The maximum Gasteiger partial charge on any atom is 0.132 e. The van der Waals surface area contributed by atoms with Gasteiger partial charge < -0.3 is 9.47 Å². The summed E-state index contributed by atoms with van der Waals surface area (Å²) >= 11 is 0. The molecule has 2 aromatic heterocycles. The highest BCUT2D eigenvalue weighted by molar-refractivity contribution is 5.42. The smallest absolute Gasteiger partial charge is 0.132 e. The molecule has 1 aliphatic rings. The molecule has 2 aromatic rings. The summed E-state index contributed by atoms with van der Waals surface area (Å²) in [6.45, 7) is 11.5. The maximum atomic E-state index is 4.53. The first-order valence-corrected chi connectivity index (χ1v) is 7.61. The highest BCUT2D eigenvalue weighted by atomic mass is 15.3. The van der Waals surface area contributed by atoms with Crippen molar-refractivity contribution in [2.24, 2.45) is 5.92 Å². The van der Waals surface area contributed by atoms with E-state index < -0.39 is 0 Å². The third kappa shape index (κ3) is 2.91. The van der Waals surface area contributed by atoms with Crippen LogP contribution in [0, 0.1) is 19.8 Å². The Morgan fingerprint density at radius 3 is 2.67 bits per heavy atom. The summed E-state index contributed by atoms with van der Waals surface area (Å²) in [5, 5.41) is 0. The van der Waals surface area contributed by atoms with Gasteiger partial charge in [-0.2, -0.15) is 0 Å². The first-order valence-electron chi connectivity index (χ1n) is 7.61. The third-order valence-electron chi connectivity index (χ3n) is 3.95. The van der Waals surface area contributed by atoms with Crippen molar-refractivity contribution in [1.29, 1.82) is 0 Å². The predicted molar refractivity (Wildman–Crippen MR) is 83.5 cm³/mol. The Morgan fingerprint density at radius 1 is 1.24 bits per heavy atom.